The van der Waals surface area contributed by atoms with E-state index in [9.17, 15) is 20.3 Å². The average molecular weight is 722 g/mol. The highest BCUT2D eigenvalue weighted by Crippen LogP contribution is 2.64. The minimum absolute atomic E-state index is 0.00787. The Morgan fingerprint density at radius 2 is 1.90 bits per heavy atom. The Bertz CT molecular complexity index is 2270. The van der Waals surface area contributed by atoms with Gasteiger partial charge in [0.05, 0.1) is 36.2 Å². The van der Waals surface area contributed by atoms with Gasteiger partial charge in [-0.2, -0.15) is 5.26 Å². The van der Waals surface area contributed by atoms with Gasteiger partial charge >= 0.3 is 5.97 Å². The third-order valence-electron chi connectivity index (χ3n) is 12.6. The van der Waals surface area contributed by atoms with Gasteiger partial charge < -0.3 is 34.1 Å². The van der Waals surface area contributed by atoms with Gasteiger partial charge in [0.2, 0.25) is 6.79 Å². The minimum Gasteiger partial charge on any atom is -0.507 e. The summed E-state index contributed by atoms with van der Waals surface area (Å²) in [6.07, 6.45) is 1.29. The van der Waals surface area contributed by atoms with Crippen molar-refractivity contribution in [2.75, 3.05) is 39.9 Å². The van der Waals surface area contributed by atoms with Crippen molar-refractivity contribution < 1.29 is 34.0 Å². The van der Waals surface area contributed by atoms with Crippen molar-refractivity contribution >= 4 is 28.6 Å². The van der Waals surface area contributed by atoms with Gasteiger partial charge in [-0.1, -0.05) is 24.3 Å². The number of H-pyrrole nitrogens is 1. The lowest BCUT2D eigenvalue weighted by Crippen LogP contribution is -2.69. The molecule has 8 heterocycles. The Morgan fingerprint density at radius 1 is 1.10 bits per heavy atom. The molecule has 2 fully saturated rings. The summed E-state index contributed by atoms with van der Waals surface area (Å²) in [4.78, 5) is 22.7. The van der Waals surface area contributed by atoms with Crippen LogP contribution in [0.5, 0.6) is 28.7 Å². The molecule has 7 aliphatic heterocycles. The number of carbonyl (C=O) groups excluding carboxylic acids is 1. The molecule has 3 aromatic carbocycles. The highest BCUT2D eigenvalue weighted by molar-refractivity contribution is 7.99. The molecule has 13 heteroatoms. The van der Waals surface area contributed by atoms with E-state index < -0.39 is 40.9 Å². The van der Waals surface area contributed by atoms with Crippen molar-refractivity contribution in [3.8, 4) is 34.8 Å². The van der Waals surface area contributed by atoms with Crippen LogP contribution in [0.4, 0.5) is 0 Å². The maximum Gasteiger partial charge on any atom is 0.333 e. The number of fused-ring (bicyclic) bond motifs is 11. The monoisotopic (exact) mass is 721 g/mol. The minimum atomic E-state index is -1.20. The van der Waals surface area contributed by atoms with Gasteiger partial charge in [-0.3, -0.25) is 15.1 Å². The number of aryl methyl sites for hydroxylation is 1. The zero-order chi connectivity index (χ0) is 35.8. The van der Waals surface area contributed by atoms with Crippen LogP contribution in [0.25, 0.3) is 10.9 Å². The van der Waals surface area contributed by atoms with E-state index in [0.29, 0.717) is 46.9 Å². The van der Waals surface area contributed by atoms with E-state index in [4.69, 9.17) is 18.9 Å². The lowest BCUT2D eigenvalue weighted by atomic mass is 9.71. The molecule has 1 aromatic heterocycles. The number of aromatic amines is 1. The molecule has 2 saturated heterocycles. The number of phenolic OH excluding ortho intramolecular Hbond substituents is 2. The first-order valence-electron chi connectivity index (χ1n) is 17.8. The normalized spacial score (nSPS) is 30.2. The number of para-hydroxylation sites is 1. The van der Waals surface area contributed by atoms with Crippen LogP contribution in [-0.2, 0) is 27.9 Å². The molecular formula is C39H39N5O7S. The van der Waals surface area contributed by atoms with Crippen molar-refractivity contribution in [3.05, 3.63) is 75.0 Å². The lowest BCUT2D eigenvalue weighted by molar-refractivity contribution is -0.157. The van der Waals surface area contributed by atoms with Crippen molar-refractivity contribution in [1.29, 1.82) is 5.26 Å². The molecule has 268 valence electrons. The SMILES string of the molecule is COc1c(C)cc2c(c1O)[C@H]1C3[C@@H]4SC[C@]5(NCCc6c5[nH]c5ccccc65)C(=O)OC[C@@H](c5c6c(c(C)c(O)c54)OCO6)N3[C@@H](C#N)[C@H](C2)N1C. The number of nitrogens with one attached hydrogen (secondary N) is 2. The van der Waals surface area contributed by atoms with E-state index in [1.807, 2.05) is 39.1 Å². The quantitative estimate of drug-likeness (QED) is 0.204. The average Bonchev–Trinajstić information content (AvgIpc) is 3.78. The molecule has 4 aromatic rings. The fraction of sp³-hybridized carbons (Fsp3) is 0.436. The number of ether oxygens (including phenoxy) is 4. The number of thioether (sulfide) groups is 1. The molecule has 7 aliphatic rings. The standard InChI is InChI=1S/C39H39N5O7S/c1-17-11-19-12-23-24(13-40)44-25-14-49-38(47)39(37-21(9-10-41-39)20-7-5-6-8-22(20)42-37)15-52-36(28-27(25)35-34(50-16-51-35)18(2)31(28)45)30(44)29(43(23)3)26(19)32(46)33(17)48-4/h5-8,11,23-25,29-30,36,41-42,45-46H,9-10,12,14-16H2,1-4H3/t23-,24-,25-,29-,30?,36+,39+/m0/s1. The van der Waals surface area contributed by atoms with Crippen LogP contribution in [0, 0.1) is 25.2 Å². The molecule has 0 aliphatic carbocycles. The second-order valence-corrected chi connectivity index (χ2v) is 16.0. The Morgan fingerprint density at radius 3 is 2.71 bits per heavy atom. The van der Waals surface area contributed by atoms with Crippen molar-refractivity contribution in [1.82, 2.24) is 20.1 Å². The molecule has 0 radical (unpaired) electrons. The molecule has 4 bridgehead atoms. The number of likely N-dealkylation sites (N-methyl/N-ethyl adjacent to an activating group) is 1. The summed E-state index contributed by atoms with van der Waals surface area (Å²) in [7, 11) is 3.59. The first-order chi connectivity index (χ1) is 25.2. The lowest BCUT2D eigenvalue weighted by Gasteiger charge is -2.62. The number of aromatic hydroxyl groups is 2. The summed E-state index contributed by atoms with van der Waals surface area (Å²) in [6, 6.07) is 10.5. The van der Waals surface area contributed by atoms with Crippen LogP contribution in [-0.4, -0.2) is 88.9 Å². The summed E-state index contributed by atoms with van der Waals surface area (Å²) >= 11 is 1.56. The number of rotatable bonds is 1. The van der Waals surface area contributed by atoms with Crippen LogP contribution in [0.1, 0.15) is 62.0 Å². The van der Waals surface area contributed by atoms with Crippen LogP contribution >= 0.6 is 11.8 Å². The number of aromatic nitrogens is 1. The number of esters is 1. The van der Waals surface area contributed by atoms with E-state index in [1.165, 1.54) is 0 Å². The fourth-order valence-electron chi connectivity index (χ4n) is 10.3. The highest BCUT2D eigenvalue weighted by Gasteiger charge is 2.61. The summed E-state index contributed by atoms with van der Waals surface area (Å²) in [5.74, 6) is 1.47. The number of piperazine rings is 1. The van der Waals surface area contributed by atoms with E-state index in [-0.39, 0.29) is 36.7 Å². The largest absolute Gasteiger partial charge is 0.507 e. The third kappa shape index (κ3) is 3.95. The van der Waals surface area contributed by atoms with Crippen molar-refractivity contribution in [2.24, 2.45) is 0 Å². The van der Waals surface area contributed by atoms with Crippen molar-refractivity contribution in [3.63, 3.8) is 0 Å². The Balaban J connectivity index is 1.23. The highest BCUT2D eigenvalue weighted by atomic mass is 32.2. The number of methoxy groups -OCH3 is 1. The third-order valence-corrected chi connectivity index (χ3v) is 14.0. The second-order valence-electron chi connectivity index (χ2n) is 14.9. The first kappa shape index (κ1) is 32.1. The van der Waals surface area contributed by atoms with Gasteiger partial charge in [-0.25, -0.2) is 4.79 Å². The molecule has 1 unspecified atom stereocenters. The molecule has 7 atom stereocenters. The molecule has 11 rings (SSSR count). The predicted molar refractivity (Wildman–Crippen MR) is 192 cm³/mol. The van der Waals surface area contributed by atoms with E-state index in [1.54, 1.807) is 18.9 Å². The molecule has 1 spiro atoms. The fourth-order valence-corrected chi connectivity index (χ4v) is 12.0. The molecule has 4 N–H and O–H groups in total. The van der Waals surface area contributed by atoms with Crippen LogP contribution in [0.3, 0.4) is 0 Å². The summed E-state index contributed by atoms with van der Waals surface area (Å²) < 4.78 is 24.3. The number of hydrogen-bond donors (Lipinski definition) is 4. The van der Waals surface area contributed by atoms with E-state index in [2.05, 4.69) is 38.3 Å². The number of benzene rings is 3. The number of hydrogen-bond acceptors (Lipinski definition) is 12. The molecule has 52 heavy (non-hydrogen) atoms. The zero-order valence-electron chi connectivity index (χ0n) is 29.3. The van der Waals surface area contributed by atoms with E-state index >= 15 is 0 Å². The van der Waals surface area contributed by atoms with Crippen LogP contribution in [0.15, 0.2) is 30.3 Å². The van der Waals surface area contributed by atoms with Gasteiger partial charge in [0.1, 0.15) is 18.4 Å². The van der Waals surface area contributed by atoms with Crippen LogP contribution in [0.2, 0.25) is 0 Å². The van der Waals surface area contributed by atoms with Gasteiger partial charge in [0, 0.05) is 57.5 Å². The predicted octanol–water partition coefficient (Wildman–Crippen LogP) is 4.53. The topological polar surface area (TPSA) is 153 Å². The number of phenols is 2. The van der Waals surface area contributed by atoms with Crippen LogP contribution < -0.4 is 19.5 Å². The number of nitriles is 1. The summed E-state index contributed by atoms with van der Waals surface area (Å²) in [6.45, 7) is 4.24. The maximum atomic E-state index is 14.7. The Kier molecular flexibility index (Phi) is 6.91. The Labute approximate surface area is 304 Å². The van der Waals surface area contributed by atoms with Gasteiger partial charge in [0.25, 0.3) is 0 Å². The summed E-state index contributed by atoms with van der Waals surface area (Å²) in [5.41, 5.74) is 6.16. The Hall–Kier alpha value is -4.61. The smallest absolute Gasteiger partial charge is 0.333 e. The van der Waals surface area contributed by atoms with Crippen molar-refractivity contribution in [2.45, 2.75) is 67.7 Å². The van der Waals surface area contributed by atoms with E-state index in [0.717, 1.165) is 45.3 Å². The number of carbonyl (C=O) groups is 1. The van der Waals surface area contributed by atoms with Gasteiger partial charge in [-0.15, -0.1) is 11.8 Å². The molecular weight excluding hydrogens is 683 g/mol. The van der Waals surface area contributed by atoms with Gasteiger partial charge in [0.15, 0.2) is 28.5 Å². The second kappa shape index (κ2) is 11.2. The maximum absolute atomic E-state index is 14.7. The molecule has 0 amide bonds. The zero-order valence-corrected chi connectivity index (χ0v) is 30.1. The molecule has 0 saturated carbocycles. The molecule has 12 nitrogen and oxygen atoms in total. The first-order valence-corrected chi connectivity index (χ1v) is 18.8. The van der Waals surface area contributed by atoms with Gasteiger partial charge in [-0.05, 0) is 56.5 Å². The summed E-state index contributed by atoms with van der Waals surface area (Å²) in [5, 5.41) is 39.5. The number of nitrogens with zero attached hydrogens (tertiary/aromatic N) is 3.